The number of aromatic amines is 2. The molecule has 40 heavy (non-hydrogen) atoms. The van der Waals surface area contributed by atoms with Gasteiger partial charge in [-0.2, -0.15) is 0 Å². The van der Waals surface area contributed by atoms with E-state index < -0.39 is 22.1 Å². The van der Waals surface area contributed by atoms with Crippen molar-refractivity contribution in [3.8, 4) is 0 Å². The molecule has 5 nitrogen and oxygen atoms in total. The van der Waals surface area contributed by atoms with Crippen LogP contribution >= 0.6 is 53.9 Å². The first-order valence-corrected chi connectivity index (χ1v) is 21.5. The molecule has 2 N–H and O–H groups in total. The molecular formula is C30H32Br2N2O3P3+. The van der Waals surface area contributed by atoms with E-state index >= 15 is 0 Å². The summed E-state index contributed by atoms with van der Waals surface area (Å²) >= 11 is 6.95. The van der Waals surface area contributed by atoms with E-state index in [1.807, 2.05) is 36.4 Å². The number of aromatic nitrogens is 2. The van der Waals surface area contributed by atoms with Gasteiger partial charge in [-0.25, -0.2) is 0 Å². The van der Waals surface area contributed by atoms with Crippen LogP contribution in [0.4, 0.5) is 0 Å². The fourth-order valence-corrected chi connectivity index (χ4v) is 6.88. The molecule has 10 heteroatoms. The Balaban J connectivity index is 0.000000170. The molecule has 0 unspecified atom stereocenters. The number of halogens is 2. The summed E-state index contributed by atoms with van der Waals surface area (Å²) in [4.78, 5) is 6.76. The van der Waals surface area contributed by atoms with Gasteiger partial charge in [0.1, 0.15) is 27.6 Å². The van der Waals surface area contributed by atoms with Crippen LogP contribution in [0.5, 0.6) is 0 Å². The Hall–Kier alpha value is -2.00. The van der Waals surface area contributed by atoms with Crippen LogP contribution in [0.25, 0.3) is 43.6 Å². The second kappa shape index (κ2) is 12.1. The van der Waals surface area contributed by atoms with E-state index in [0.717, 1.165) is 52.4 Å². The third-order valence-corrected chi connectivity index (χ3v) is 10.4. The first-order valence-electron chi connectivity index (χ1n) is 12.5. The molecule has 0 spiro atoms. The zero-order chi connectivity index (χ0) is 29.4. The topological polar surface area (TPSA) is 82.8 Å². The summed E-state index contributed by atoms with van der Waals surface area (Å²) in [5.41, 5.74) is 4.28. The van der Waals surface area contributed by atoms with Crippen molar-refractivity contribution in [1.82, 2.24) is 9.97 Å². The van der Waals surface area contributed by atoms with Crippen LogP contribution < -0.4 is 10.6 Å². The number of hydrogen-bond donors (Lipinski definition) is 2. The van der Waals surface area contributed by atoms with Gasteiger partial charge in [0.05, 0.1) is 0 Å². The van der Waals surface area contributed by atoms with Crippen molar-refractivity contribution >= 4 is 108 Å². The molecule has 0 radical (unpaired) electrons. The molecule has 0 saturated heterocycles. The second-order valence-electron chi connectivity index (χ2n) is 10.6. The van der Waals surface area contributed by atoms with Gasteiger partial charge in [-0.1, -0.05) is 72.8 Å². The van der Waals surface area contributed by atoms with E-state index in [9.17, 15) is 13.7 Å². The van der Waals surface area contributed by atoms with Gasteiger partial charge >= 0.3 is 7.80 Å². The van der Waals surface area contributed by atoms with Crippen LogP contribution in [-0.2, 0) is 13.7 Å². The summed E-state index contributed by atoms with van der Waals surface area (Å²) < 4.78 is 36.2. The molecule has 2 heterocycles. The maximum Gasteiger partial charge on any atom is 0.332 e. The van der Waals surface area contributed by atoms with Crippen LogP contribution in [0, 0.1) is 0 Å². The van der Waals surface area contributed by atoms with Gasteiger partial charge in [0.2, 0.25) is 0 Å². The Labute approximate surface area is 252 Å². The molecule has 0 aliphatic carbocycles. The van der Waals surface area contributed by atoms with Gasteiger partial charge in [0.15, 0.2) is 0 Å². The standard InChI is InChI=1S/C16H19NO2P2.C12H7Br2N.C2H6OP/c1-20(2,18)11-5-7-13-14-8-6-12(21(3,4)19)10-16(14)17-15(13)9-11;13-7-1-3-9-10-4-2-8(14)6-12(10)15-11(9)5-7;1-4(2)3/h5-10,17H,1-4H3;1-6,15H;1-2H3/q;;+1. The van der Waals surface area contributed by atoms with E-state index in [-0.39, 0.29) is 0 Å². The number of rotatable bonds is 2. The fraction of sp³-hybridized carbons (Fsp3) is 0.200. The van der Waals surface area contributed by atoms with E-state index in [1.54, 1.807) is 40.0 Å². The average molecular weight is 721 g/mol. The van der Waals surface area contributed by atoms with Crippen molar-refractivity contribution in [2.45, 2.75) is 0 Å². The minimum Gasteiger partial charge on any atom is -0.354 e. The average Bonchev–Trinajstić information content (AvgIpc) is 3.38. The summed E-state index contributed by atoms with van der Waals surface area (Å²) in [5, 5.41) is 6.49. The highest BCUT2D eigenvalue weighted by molar-refractivity contribution is 9.10. The number of benzene rings is 4. The van der Waals surface area contributed by atoms with Crippen molar-refractivity contribution in [1.29, 1.82) is 0 Å². The molecule has 208 valence electrons. The number of hydrogen-bond acceptors (Lipinski definition) is 3. The molecule has 2 aromatic heterocycles. The highest BCUT2D eigenvalue weighted by Gasteiger charge is 2.15. The first-order chi connectivity index (χ1) is 18.6. The maximum atomic E-state index is 12.2. The van der Waals surface area contributed by atoms with Gasteiger partial charge in [0.25, 0.3) is 0 Å². The Bertz CT molecular complexity index is 1850. The number of fused-ring (bicyclic) bond motifs is 6. The highest BCUT2D eigenvalue weighted by Crippen LogP contribution is 2.38. The van der Waals surface area contributed by atoms with Gasteiger partial charge in [-0.3, -0.25) is 0 Å². The fourth-order valence-electron chi connectivity index (χ4n) is 4.41. The van der Waals surface area contributed by atoms with Crippen molar-refractivity contribution in [2.75, 3.05) is 40.0 Å². The molecule has 0 aliphatic heterocycles. The molecule has 0 atom stereocenters. The van der Waals surface area contributed by atoms with Gasteiger partial charge in [0, 0.05) is 63.2 Å². The third-order valence-electron chi connectivity index (χ3n) is 6.33. The molecular weight excluding hydrogens is 689 g/mol. The minimum atomic E-state index is -2.27. The zero-order valence-electron chi connectivity index (χ0n) is 23.3. The first kappa shape index (κ1) is 30.9. The lowest BCUT2D eigenvalue weighted by atomic mass is 10.1. The Kier molecular flexibility index (Phi) is 9.35. The van der Waals surface area contributed by atoms with Gasteiger partial charge in [-0.05, 0) is 63.1 Å². The van der Waals surface area contributed by atoms with Crippen molar-refractivity contribution in [3.63, 3.8) is 0 Å². The summed E-state index contributed by atoms with van der Waals surface area (Å²) in [6.45, 7) is 10.5. The molecule has 0 bridgehead atoms. The van der Waals surface area contributed by atoms with E-state index in [2.05, 4.69) is 78.2 Å². The lowest BCUT2D eigenvalue weighted by Gasteiger charge is -2.06. The normalized spacial score (nSPS) is 11.8. The van der Waals surface area contributed by atoms with Crippen LogP contribution in [0.2, 0.25) is 0 Å². The van der Waals surface area contributed by atoms with Crippen LogP contribution in [0.15, 0.2) is 81.7 Å². The number of nitrogens with one attached hydrogen (secondary N) is 2. The zero-order valence-corrected chi connectivity index (χ0v) is 29.1. The molecule has 0 saturated carbocycles. The predicted molar refractivity (Wildman–Crippen MR) is 185 cm³/mol. The highest BCUT2D eigenvalue weighted by atomic mass is 79.9. The summed E-state index contributed by atoms with van der Waals surface area (Å²) in [6, 6.07) is 24.4. The Morgan fingerprint density at radius 3 is 1.12 bits per heavy atom. The summed E-state index contributed by atoms with van der Waals surface area (Å²) in [7, 11) is -5.40. The van der Waals surface area contributed by atoms with Crippen molar-refractivity contribution in [3.05, 3.63) is 81.7 Å². The van der Waals surface area contributed by atoms with E-state index in [4.69, 9.17) is 0 Å². The lowest BCUT2D eigenvalue weighted by Crippen LogP contribution is -2.01. The smallest absolute Gasteiger partial charge is 0.332 e. The molecule has 0 fully saturated rings. The van der Waals surface area contributed by atoms with Crippen LogP contribution in [-0.4, -0.2) is 50.0 Å². The predicted octanol–water partition coefficient (Wildman–Crippen LogP) is 9.74. The molecule has 0 amide bonds. The summed E-state index contributed by atoms with van der Waals surface area (Å²) in [5.74, 6) is 0. The van der Waals surface area contributed by atoms with Crippen LogP contribution in [0.3, 0.4) is 0 Å². The van der Waals surface area contributed by atoms with Crippen molar-refractivity contribution in [2.24, 2.45) is 0 Å². The van der Waals surface area contributed by atoms with Crippen molar-refractivity contribution < 1.29 is 13.7 Å². The molecule has 6 aromatic rings. The van der Waals surface area contributed by atoms with Crippen LogP contribution in [0.1, 0.15) is 0 Å². The molecule has 0 aliphatic rings. The molecule has 6 rings (SSSR count). The van der Waals surface area contributed by atoms with Gasteiger partial charge < -0.3 is 19.1 Å². The molecule has 4 aromatic carbocycles. The monoisotopic (exact) mass is 719 g/mol. The van der Waals surface area contributed by atoms with E-state index in [0.29, 0.717) is 0 Å². The third kappa shape index (κ3) is 7.25. The SMILES string of the molecule is Brc1ccc2c(c1)[nH]c1cc(Br)ccc12.CP(C)(=O)c1ccc2c(c1)[nH]c1cc(P(C)(C)=O)ccc12.C[P+](C)=O. The number of H-pyrrole nitrogens is 2. The Morgan fingerprint density at radius 2 is 0.825 bits per heavy atom. The minimum absolute atomic E-state index is 0.870. The summed E-state index contributed by atoms with van der Waals surface area (Å²) in [6.07, 6.45) is 0. The largest absolute Gasteiger partial charge is 0.354 e. The Morgan fingerprint density at radius 1 is 0.550 bits per heavy atom. The van der Waals surface area contributed by atoms with E-state index in [1.165, 1.54) is 10.8 Å². The maximum absolute atomic E-state index is 12.2. The quantitative estimate of drug-likeness (QED) is 0.175. The second-order valence-corrected chi connectivity index (χ2v) is 20.5. The lowest BCUT2D eigenvalue weighted by molar-refractivity contribution is 0.587. The van der Waals surface area contributed by atoms with Gasteiger partial charge in [-0.15, -0.1) is 0 Å².